The molecule has 2 aliphatic rings. The van der Waals surface area contributed by atoms with E-state index in [1.807, 2.05) is 12.1 Å². The van der Waals surface area contributed by atoms with Gasteiger partial charge in [0.1, 0.15) is 0 Å². The number of benzene rings is 6. The second-order valence-electron chi connectivity index (χ2n) is 17.6. The number of hydrogen-bond donors (Lipinski definition) is 0. The lowest BCUT2D eigenvalue weighted by molar-refractivity contribution is 0.0590. The van der Waals surface area contributed by atoms with Crippen molar-refractivity contribution in [3.05, 3.63) is 205 Å². The van der Waals surface area contributed by atoms with E-state index in [0.29, 0.717) is 35.8 Å². The number of fused-ring (bicyclic) bond motifs is 2. The molecule has 0 spiro atoms. The van der Waals surface area contributed by atoms with Gasteiger partial charge in [-0.25, -0.2) is 9.59 Å². The quantitative estimate of drug-likeness (QED) is 0.0851. The molecule has 0 atom stereocenters. The minimum atomic E-state index is -0.250. The van der Waals surface area contributed by atoms with Crippen LogP contribution in [0.1, 0.15) is 103 Å². The Morgan fingerprint density at radius 3 is 1.38 bits per heavy atom. The molecule has 2 aliphatic carbocycles. The van der Waals surface area contributed by atoms with Gasteiger partial charge in [-0.2, -0.15) is 0 Å². The molecule has 0 aliphatic heterocycles. The van der Waals surface area contributed by atoms with Crippen LogP contribution in [0, 0.1) is 3.57 Å². The Hall–Kier alpha value is -6.13. The molecule has 10 rings (SSSR count). The van der Waals surface area contributed by atoms with Crippen molar-refractivity contribution < 1.29 is 19.1 Å². The molecule has 0 amide bonds. The predicted molar refractivity (Wildman–Crippen MR) is 267 cm³/mol. The zero-order chi connectivity index (χ0) is 44.3. The fourth-order valence-corrected chi connectivity index (χ4v) is 9.11. The van der Waals surface area contributed by atoms with Crippen molar-refractivity contribution in [3.63, 3.8) is 0 Å². The number of rotatable bonds is 13. The first kappa shape index (κ1) is 43.1. The summed E-state index contributed by atoms with van der Waals surface area (Å²) in [6, 6.07) is 47.5. The van der Waals surface area contributed by atoms with Crippen LogP contribution >= 0.6 is 22.6 Å². The Bertz CT molecular complexity index is 2950. The summed E-state index contributed by atoms with van der Waals surface area (Å²) in [5.74, 6) is 0.724. The molecule has 0 saturated heterocycles. The summed E-state index contributed by atoms with van der Waals surface area (Å²) in [6.07, 6.45) is 10.6. The first-order chi connectivity index (χ1) is 31.1. The van der Waals surface area contributed by atoms with Crippen molar-refractivity contribution in [3.8, 4) is 0 Å². The Kier molecular flexibility index (Phi) is 12.8. The molecule has 324 valence electrons. The maximum Gasteiger partial charge on any atom is 0.338 e. The highest BCUT2D eigenvalue weighted by Crippen LogP contribution is 2.42. The number of methoxy groups -OCH3 is 2. The lowest BCUT2D eigenvalue weighted by Crippen LogP contribution is -2.08. The third-order valence-electron chi connectivity index (χ3n) is 12.7. The van der Waals surface area contributed by atoms with E-state index in [-0.39, 0.29) is 11.9 Å². The van der Waals surface area contributed by atoms with Crippen LogP contribution in [0.3, 0.4) is 0 Å². The fourth-order valence-electron chi connectivity index (χ4n) is 8.76. The van der Waals surface area contributed by atoms with Crippen LogP contribution in [-0.4, -0.2) is 49.4 Å². The maximum absolute atomic E-state index is 12.4. The first-order valence-electron chi connectivity index (χ1n) is 22.2. The zero-order valence-corrected chi connectivity index (χ0v) is 39.2. The topological polar surface area (TPSA) is 65.7 Å². The largest absolute Gasteiger partial charge is 0.465 e. The third-order valence-corrected chi connectivity index (χ3v) is 13.4. The minimum absolute atomic E-state index is 0.248. The predicted octanol–water partition coefficient (Wildman–Crippen LogP) is 12.6. The SMILES string of the molecule is COC(=O)c1cc(C2CC2)ccc1Cc1ccc2c(ccn2Cc2ccc(I)cc2)c1.COC(=O)c1cc(C2CC2)ccc1Cc1ccc2c(ccn2Cc2ccc(N(C)C)cc2)c1. The van der Waals surface area contributed by atoms with Gasteiger partial charge in [0.2, 0.25) is 0 Å². The molecule has 8 aromatic rings. The second-order valence-corrected chi connectivity index (χ2v) is 18.8. The van der Waals surface area contributed by atoms with Gasteiger partial charge < -0.3 is 23.5 Å². The Morgan fingerprint density at radius 2 is 0.969 bits per heavy atom. The molecule has 0 unspecified atom stereocenters. The van der Waals surface area contributed by atoms with Crippen LogP contribution in [0.15, 0.2) is 146 Å². The van der Waals surface area contributed by atoms with Crippen LogP contribution in [-0.2, 0) is 35.4 Å². The summed E-state index contributed by atoms with van der Waals surface area (Å²) in [6.45, 7) is 1.69. The third kappa shape index (κ3) is 9.97. The molecule has 2 saturated carbocycles. The van der Waals surface area contributed by atoms with Gasteiger partial charge in [-0.1, -0.05) is 60.7 Å². The summed E-state index contributed by atoms with van der Waals surface area (Å²) in [5, 5.41) is 2.43. The van der Waals surface area contributed by atoms with E-state index in [1.54, 1.807) is 0 Å². The van der Waals surface area contributed by atoms with E-state index in [2.05, 4.69) is 184 Å². The van der Waals surface area contributed by atoms with Crippen LogP contribution in [0.25, 0.3) is 21.8 Å². The summed E-state index contributed by atoms with van der Waals surface area (Å²) in [5.41, 5.74) is 14.6. The van der Waals surface area contributed by atoms with Crippen molar-refractivity contribution in [2.45, 2.75) is 63.5 Å². The van der Waals surface area contributed by atoms with E-state index in [0.717, 1.165) is 24.2 Å². The summed E-state index contributed by atoms with van der Waals surface area (Å²) in [7, 11) is 7.03. The highest BCUT2D eigenvalue weighted by atomic mass is 127. The number of carbonyl (C=O) groups is 2. The average molecular weight is 960 g/mol. The van der Waals surface area contributed by atoms with Gasteiger partial charge in [0.15, 0.2) is 0 Å². The number of carbonyl (C=O) groups excluding carboxylic acids is 2. The number of nitrogens with zero attached hydrogens (tertiary/aromatic N) is 3. The lowest BCUT2D eigenvalue weighted by atomic mass is 9.96. The number of anilines is 1. The van der Waals surface area contributed by atoms with Gasteiger partial charge in [-0.05, 0) is 201 Å². The molecule has 0 bridgehead atoms. The van der Waals surface area contributed by atoms with Crippen LogP contribution in [0.2, 0.25) is 0 Å². The summed E-state index contributed by atoms with van der Waals surface area (Å²) >= 11 is 2.33. The molecule has 7 nitrogen and oxygen atoms in total. The standard InChI is InChI=1S/C29H30N2O2.C27H24INO2/c1-30(2)26-11-4-20(5-12-26)19-31-15-14-25-17-21(6-13-28(25)31)16-24-10-9-23(22-7-8-22)18-27(24)29(32)33-3;1-31-27(30)25-16-21(20-5-6-20)7-8-22(25)14-19-4-11-26-23(15-19)12-13-29(26)17-18-2-9-24(28)10-3-18/h4-6,9-15,17-18,22H,7-8,16,19H2,1-3H3;2-4,7-13,15-16,20H,5-6,14,17H2,1H3. The van der Waals surface area contributed by atoms with Crippen molar-refractivity contribution in [1.29, 1.82) is 0 Å². The normalized spacial score (nSPS) is 13.4. The molecule has 8 heteroatoms. The van der Waals surface area contributed by atoms with Gasteiger partial charge in [0.05, 0.1) is 25.3 Å². The molecule has 2 aromatic heterocycles. The van der Waals surface area contributed by atoms with Crippen molar-refractivity contribution in [2.75, 3.05) is 33.2 Å². The fraction of sp³-hybridized carbons (Fsp3) is 0.250. The highest BCUT2D eigenvalue weighted by Gasteiger charge is 2.26. The van der Waals surface area contributed by atoms with E-state index in [4.69, 9.17) is 9.47 Å². The molecule has 2 fully saturated rings. The molecule has 6 aromatic carbocycles. The van der Waals surface area contributed by atoms with Gasteiger partial charge in [-0.3, -0.25) is 0 Å². The van der Waals surface area contributed by atoms with Crippen LogP contribution in [0.5, 0.6) is 0 Å². The first-order valence-corrected chi connectivity index (χ1v) is 23.3. The van der Waals surface area contributed by atoms with Gasteiger partial charge >= 0.3 is 11.9 Å². The molecule has 2 heterocycles. The molecule has 64 heavy (non-hydrogen) atoms. The van der Waals surface area contributed by atoms with Crippen LogP contribution < -0.4 is 4.90 Å². The molecular weight excluding hydrogens is 906 g/mol. The van der Waals surface area contributed by atoms with E-state index in [9.17, 15) is 9.59 Å². The Labute approximate surface area is 389 Å². The molecular formula is C56H54IN3O4. The summed E-state index contributed by atoms with van der Waals surface area (Å²) < 4.78 is 16.0. The summed E-state index contributed by atoms with van der Waals surface area (Å²) in [4.78, 5) is 27.0. The van der Waals surface area contributed by atoms with Gasteiger partial charge in [0, 0.05) is 59.9 Å². The second kappa shape index (κ2) is 18.9. The number of aromatic nitrogens is 2. The lowest BCUT2D eigenvalue weighted by Gasteiger charge is -2.13. The van der Waals surface area contributed by atoms with E-state index >= 15 is 0 Å². The van der Waals surface area contributed by atoms with Crippen LogP contribution in [0.4, 0.5) is 5.69 Å². The van der Waals surface area contributed by atoms with Gasteiger partial charge in [-0.15, -0.1) is 0 Å². The van der Waals surface area contributed by atoms with E-state index < -0.39 is 0 Å². The molecule has 0 radical (unpaired) electrons. The zero-order valence-electron chi connectivity index (χ0n) is 37.0. The highest BCUT2D eigenvalue weighted by molar-refractivity contribution is 14.1. The Morgan fingerprint density at radius 1 is 0.547 bits per heavy atom. The van der Waals surface area contributed by atoms with Gasteiger partial charge in [0.25, 0.3) is 0 Å². The van der Waals surface area contributed by atoms with Crippen molar-refractivity contribution >= 4 is 62.0 Å². The average Bonchev–Trinajstić information content (AvgIpc) is 4.27. The smallest absolute Gasteiger partial charge is 0.338 e. The van der Waals surface area contributed by atoms with Crippen molar-refractivity contribution in [1.82, 2.24) is 9.13 Å². The number of hydrogen-bond acceptors (Lipinski definition) is 5. The molecule has 0 N–H and O–H groups in total. The maximum atomic E-state index is 12.4. The monoisotopic (exact) mass is 959 g/mol. The Balaban J connectivity index is 0.000000162. The number of esters is 2. The van der Waals surface area contributed by atoms with E-state index in [1.165, 1.54) is 104 Å². The van der Waals surface area contributed by atoms with Crippen molar-refractivity contribution in [2.24, 2.45) is 0 Å². The number of halogens is 1. The minimum Gasteiger partial charge on any atom is -0.465 e. The number of ether oxygens (including phenoxy) is 2.